The van der Waals surface area contributed by atoms with Crippen molar-refractivity contribution in [3.8, 4) is 0 Å². The van der Waals surface area contributed by atoms with Crippen LogP contribution in [-0.2, 0) is 0 Å². The van der Waals surface area contributed by atoms with E-state index in [2.05, 4.69) is 25.7 Å². The molecule has 0 aromatic carbocycles. The van der Waals surface area contributed by atoms with Crippen LogP contribution in [0.15, 0.2) is 0 Å². The number of nitrogens with zero attached hydrogens (tertiary/aromatic N) is 1. The molecule has 1 saturated heterocycles. The van der Waals surface area contributed by atoms with Gasteiger partial charge in [-0.05, 0) is 18.8 Å². The largest absolute Gasteiger partial charge is 0.395 e. The van der Waals surface area contributed by atoms with Gasteiger partial charge in [0.15, 0.2) is 0 Å². The van der Waals surface area contributed by atoms with Gasteiger partial charge in [-0.15, -0.1) is 0 Å². The Kier molecular flexibility index (Phi) is 2.90. The van der Waals surface area contributed by atoms with Gasteiger partial charge in [0.1, 0.15) is 0 Å². The molecular weight excluding hydrogens is 138 g/mol. The Morgan fingerprint density at radius 2 is 1.82 bits per heavy atom. The minimum atomic E-state index is 0.291. The van der Waals surface area contributed by atoms with Crippen molar-refractivity contribution in [1.82, 2.24) is 4.90 Å². The standard InChI is InChI=1S/C9H19NO/c1-7-4-10(5-8(7)2)9(3)6-11/h7-9,11H,4-6H2,1-3H3/t7-,8+,9-/m0/s1. The zero-order chi connectivity index (χ0) is 8.43. The fraction of sp³-hybridized carbons (Fsp3) is 1.00. The van der Waals surface area contributed by atoms with Crippen molar-refractivity contribution in [2.45, 2.75) is 26.8 Å². The Morgan fingerprint density at radius 1 is 1.36 bits per heavy atom. The van der Waals surface area contributed by atoms with Gasteiger partial charge < -0.3 is 5.11 Å². The third kappa shape index (κ3) is 1.94. The number of rotatable bonds is 2. The molecule has 1 heterocycles. The summed E-state index contributed by atoms with van der Waals surface area (Å²) in [6, 6.07) is 0.349. The van der Waals surface area contributed by atoms with Gasteiger partial charge in [-0.25, -0.2) is 0 Å². The van der Waals surface area contributed by atoms with E-state index in [4.69, 9.17) is 5.11 Å². The van der Waals surface area contributed by atoms with E-state index in [-0.39, 0.29) is 0 Å². The van der Waals surface area contributed by atoms with E-state index in [1.165, 1.54) is 0 Å². The molecule has 3 atom stereocenters. The first-order chi connectivity index (χ1) is 5.15. The molecule has 1 rings (SSSR count). The van der Waals surface area contributed by atoms with Gasteiger partial charge in [-0.2, -0.15) is 0 Å². The number of hydrogen-bond donors (Lipinski definition) is 1. The molecule has 1 aliphatic heterocycles. The fourth-order valence-electron chi connectivity index (χ4n) is 1.65. The van der Waals surface area contributed by atoms with Crippen molar-refractivity contribution in [3.63, 3.8) is 0 Å². The Bertz CT molecular complexity index is 117. The van der Waals surface area contributed by atoms with Crippen LogP contribution in [0, 0.1) is 11.8 Å². The Labute approximate surface area is 69.2 Å². The van der Waals surface area contributed by atoms with Gasteiger partial charge in [0, 0.05) is 19.1 Å². The molecule has 0 unspecified atom stereocenters. The van der Waals surface area contributed by atoms with Crippen LogP contribution in [0.3, 0.4) is 0 Å². The predicted octanol–water partition coefficient (Wildman–Crippen LogP) is 0.955. The van der Waals surface area contributed by atoms with Gasteiger partial charge in [0.25, 0.3) is 0 Å². The maximum Gasteiger partial charge on any atom is 0.0584 e. The molecule has 2 heteroatoms. The second kappa shape index (κ2) is 3.55. The molecule has 1 N–H and O–H groups in total. The zero-order valence-electron chi connectivity index (χ0n) is 7.75. The van der Waals surface area contributed by atoms with Crippen LogP contribution < -0.4 is 0 Å². The second-order valence-corrected chi connectivity index (χ2v) is 3.94. The quantitative estimate of drug-likeness (QED) is 0.645. The summed E-state index contributed by atoms with van der Waals surface area (Å²) in [5.74, 6) is 1.59. The topological polar surface area (TPSA) is 23.5 Å². The number of aliphatic hydroxyl groups is 1. The van der Waals surface area contributed by atoms with E-state index in [1.54, 1.807) is 0 Å². The van der Waals surface area contributed by atoms with Crippen molar-refractivity contribution < 1.29 is 5.11 Å². The van der Waals surface area contributed by atoms with Gasteiger partial charge in [0.05, 0.1) is 6.61 Å². The van der Waals surface area contributed by atoms with Crippen LogP contribution in [0.2, 0.25) is 0 Å². The minimum absolute atomic E-state index is 0.291. The molecule has 0 aromatic rings. The van der Waals surface area contributed by atoms with Crippen molar-refractivity contribution in [1.29, 1.82) is 0 Å². The third-order valence-electron chi connectivity index (χ3n) is 2.90. The van der Waals surface area contributed by atoms with Crippen molar-refractivity contribution in [3.05, 3.63) is 0 Å². The van der Waals surface area contributed by atoms with E-state index in [0.29, 0.717) is 12.6 Å². The van der Waals surface area contributed by atoms with Gasteiger partial charge in [0.2, 0.25) is 0 Å². The first-order valence-electron chi connectivity index (χ1n) is 4.50. The molecule has 0 amide bonds. The van der Waals surface area contributed by atoms with Gasteiger partial charge in [-0.3, -0.25) is 4.90 Å². The molecule has 1 aliphatic rings. The highest BCUT2D eigenvalue weighted by molar-refractivity contribution is 4.81. The van der Waals surface area contributed by atoms with Crippen molar-refractivity contribution in [2.75, 3.05) is 19.7 Å². The lowest BCUT2D eigenvalue weighted by Crippen LogP contribution is -2.33. The smallest absolute Gasteiger partial charge is 0.0584 e. The number of hydrogen-bond acceptors (Lipinski definition) is 2. The summed E-state index contributed by atoms with van der Waals surface area (Å²) < 4.78 is 0. The summed E-state index contributed by atoms with van der Waals surface area (Å²) in [6.07, 6.45) is 0. The van der Waals surface area contributed by atoms with E-state index < -0.39 is 0 Å². The maximum absolute atomic E-state index is 8.93. The van der Waals surface area contributed by atoms with E-state index in [1.807, 2.05) is 0 Å². The Hall–Kier alpha value is -0.0800. The van der Waals surface area contributed by atoms with Crippen molar-refractivity contribution >= 4 is 0 Å². The Balaban J connectivity index is 2.40. The van der Waals surface area contributed by atoms with E-state index in [0.717, 1.165) is 24.9 Å². The van der Waals surface area contributed by atoms with Crippen molar-refractivity contribution in [2.24, 2.45) is 11.8 Å². The van der Waals surface area contributed by atoms with Crippen LogP contribution in [0.4, 0.5) is 0 Å². The molecular formula is C9H19NO. The molecule has 0 radical (unpaired) electrons. The van der Waals surface area contributed by atoms with Gasteiger partial charge in [-0.1, -0.05) is 13.8 Å². The van der Waals surface area contributed by atoms with Crippen LogP contribution in [-0.4, -0.2) is 35.7 Å². The fourth-order valence-corrected chi connectivity index (χ4v) is 1.65. The van der Waals surface area contributed by atoms with E-state index in [9.17, 15) is 0 Å². The lowest BCUT2D eigenvalue weighted by atomic mass is 10.0. The highest BCUT2D eigenvalue weighted by Crippen LogP contribution is 2.23. The van der Waals surface area contributed by atoms with Crippen LogP contribution in [0.25, 0.3) is 0 Å². The summed E-state index contributed by atoms with van der Waals surface area (Å²) in [7, 11) is 0. The second-order valence-electron chi connectivity index (χ2n) is 3.94. The highest BCUT2D eigenvalue weighted by atomic mass is 16.3. The molecule has 66 valence electrons. The lowest BCUT2D eigenvalue weighted by molar-refractivity contribution is 0.153. The monoisotopic (exact) mass is 157 g/mol. The minimum Gasteiger partial charge on any atom is -0.395 e. The SMILES string of the molecule is C[C@@H]1CN([C@@H](C)CO)C[C@@H]1C. The average Bonchev–Trinajstić information content (AvgIpc) is 2.31. The normalized spacial score (nSPS) is 36.0. The highest BCUT2D eigenvalue weighted by Gasteiger charge is 2.28. The first kappa shape index (κ1) is 9.01. The molecule has 0 aliphatic carbocycles. The first-order valence-corrected chi connectivity index (χ1v) is 4.50. The zero-order valence-corrected chi connectivity index (χ0v) is 7.75. The molecule has 2 nitrogen and oxygen atoms in total. The number of likely N-dealkylation sites (tertiary alicyclic amines) is 1. The van der Waals surface area contributed by atoms with Crippen LogP contribution in [0.1, 0.15) is 20.8 Å². The summed E-state index contributed by atoms with van der Waals surface area (Å²) in [5, 5.41) is 8.93. The Morgan fingerprint density at radius 3 is 2.18 bits per heavy atom. The summed E-state index contributed by atoms with van der Waals surface area (Å²) in [4.78, 5) is 2.37. The van der Waals surface area contributed by atoms with E-state index >= 15 is 0 Å². The summed E-state index contributed by atoms with van der Waals surface area (Å²) in [6.45, 7) is 9.26. The van der Waals surface area contributed by atoms with Crippen LogP contribution in [0.5, 0.6) is 0 Å². The van der Waals surface area contributed by atoms with Gasteiger partial charge >= 0.3 is 0 Å². The summed E-state index contributed by atoms with van der Waals surface area (Å²) in [5.41, 5.74) is 0. The number of aliphatic hydroxyl groups excluding tert-OH is 1. The molecule has 1 fully saturated rings. The molecule has 11 heavy (non-hydrogen) atoms. The average molecular weight is 157 g/mol. The molecule has 0 aromatic heterocycles. The molecule has 0 bridgehead atoms. The third-order valence-corrected chi connectivity index (χ3v) is 2.90. The van der Waals surface area contributed by atoms with Crippen LogP contribution >= 0.6 is 0 Å². The predicted molar refractivity (Wildman–Crippen MR) is 46.4 cm³/mol. The maximum atomic E-state index is 8.93. The molecule has 0 spiro atoms. The molecule has 0 saturated carbocycles. The summed E-state index contributed by atoms with van der Waals surface area (Å²) >= 11 is 0. The lowest BCUT2D eigenvalue weighted by Gasteiger charge is -2.21.